The van der Waals surface area contributed by atoms with Crippen LogP contribution < -0.4 is 5.32 Å². The quantitative estimate of drug-likeness (QED) is 0.731. The van der Waals surface area contributed by atoms with Gasteiger partial charge in [-0.3, -0.25) is 0 Å². The highest BCUT2D eigenvalue weighted by molar-refractivity contribution is 6.46. The van der Waals surface area contributed by atoms with Crippen LogP contribution in [0.2, 0.25) is 0 Å². The highest BCUT2D eigenvalue weighted by atomic mass is 16.4. The van der Waals surface area contributed by atoms with Gasteiger partial charge in [-0.25, -0.2) is 9.98 Å². The van der Waals surface area contributed by atoms with Crippen LogP contribution in [0.3, 0.4) is 0 Å². The van der Waals surface area contributed by atoms with Crippen molar-refractivity contribution in [1.29, 1.82) is 0 Å². The number of aliphatic imine (C=N–C) groups is 2. The molecule has 2 aromatic rings. The zero-order chi connectivity index (χ0) is 14.7. The fourth-order valence-electron chi connectivity index (χ4n) is 2.26. The first-order valence-corrected chi connectivity index (χ1v) is 6.59. The van der Waals surface area contributed by atoms with Crippen molar-refractivity contribution in [3.05, 3.63) is 71.8 Å². The van der Waals surface area contributed by atoms with E-state index in [9.17, 15) is 10.0 Å². The van der Waals surface area contributed by atoms with Gasteiger partial charge in [0.25, 0.3) is 0 Å². The standard InChI is InChI=1S/C15H14BN3O2/c20-16(21)15(13-9-5-2-6-10-13)18-11-17-14(19-15)12-7-3-1-4-8-12/h1-11,20-21H,(H,17,18,19). The number of benzene rings is 2. The first kappa shape index (κ1) is 13.5. The van der Waals surface area contributed by atoms with E-state index in [1.807, 2.05) is 48.5 Å². The first-order valence-electron chi connectivity index (χ1n) is 6.59. The third-order valence-corrected chi connectivity index (χ3v) is 3.35. The van der Waals surface area contributed by atoms with Crippen LogP contribution in [-0.4, -0.2) is 29.3 Å². The van der Waals surface area contributed by atoms with Crippen LogP contribution in [-0.2, 0) is 5.56 Å². The summed E-state index contributed by atoms with van der Waals surface area (Å²) in [6.07, 6.45) is 1.45. The summed E-state index contributed by atoms with van der Waals surface area (Å²) in [6.45, 7) is 0. The summed E-state index contributed by atoms with van der Waals surface area (Å²) in [5.41, 5.74) is 0.0216. The highest BCUT2D eigenvalue weighted by Gasteiger charge is 2.45. The molecule has 0 aliphatic carbocycles. The van der Waals surface area contributed by atoms with Crippen molar-refractivity contribution in [2.75, 3.05) is 0 Å². The summed E-state index contributed by atoms with van der Waals surface area (Å²) in [5.74, 6) is 0.544. The molecular formula is C15H14BN3O2. The maximum Gasteiger partial charge on any atom is 0.510 e. The van der Waals surface area contributed by atoms with Gasteiger partial charge in [0.15, 0.2) is 0 Å². The lowest BCUT2D eigenvalue weighted by Crippen LogP contribution is -2.46. The maximum absolute atomic E-state index is 9.85. The van der Waals surface area contributed by atoms with Gasteiger partial charge in [0.2, 0.25) is 5.56 Å². The molecule has 0 radical (unpaired) electrons. The second-order valence-electron chi connectivity index (χ2n) is 4.69. The second-order valence-corrected chi connectivity index (χ2v) is 4.69. The van der Waals surface area contributed by atoms with Crippen molar-refractivity contribution in [3.63, 3.8) is 0 Å². The molecule has 3 N–H and O–H groups in total. The van der Waals surface area contributed by atoms with E-state index < -0.39 is 12.7 Å². The molecule has 0 amide bonds. The van der Waals surface area contributed by atoms with Crippen molar-refractivity contribution in [2.24, 2.45) is 9.98 Å². The Kier molecular flexibility index (Phi) is 3.56. The fraction of sp³-hybridized carbons (Fsp3) is 0.0667. The number of amidine groups is 1. The van der Waals surface area contributed by atoms with Crippen LogP contribution in [0.15, 0.2) is 70.6 Å². The predicted octanol–water partition coefficient (Wildman–Crippen LogP) is 0.930. The Morgan fingerprint density at radius 3 is 2.14 bits per heavy atom. The van der Waals surface area contributed by atoms with Crippen LogP contribution >= 0.6 is 0 Å². The fourth-order valence-corrected chi connectivity index (χ4v) is 2.26. The number of hydrogen-bond donors (Lipinski definition) is 3. The molecule has 104 valence electrons. The second kappa shape index (κ2) is 5.51. The topological polar surface area (TPSA) is 77.2 Å². The van der Waals surface area contributed by atoms with E-state index in [4.69, 9.17) is 0 Å². The average molecular weight is 279 g/mol. The molecule has 6 heteroatoms. The monoisotopic (exact) mass is 279 g/mol. The molecule has 0 bridgehead atoms. The van der Waals surface area contributed by atoms with Crippen molar-refractivity contribution >= 4 is 19.3 Å². The van der Waals surface area contributed by atoms with E-state index in [0.29, 0.717) is 11.4 Å². The summed E-state index contributed by atoms with van der Waals surface area (Å²) in [6, 6.07) is 18.5. The molecule has 1 aliphatic rings. The maximum atomic E-state index is 9.85. The van der Waals surface area contributed by atoms with E-state index in [1.165, 1.54) is 6.34 Å². The summed E-state index contributed by atoms with van der Waals surface area (Å²) in [7, 11) is -1.74. The van der Waals surface area contributed by atoms with Gasteiger partial charge in [0, 0.05) is 5.56 Å². The van der Waals surface area contributed by atoms with Gasteiger partial charge in [-0.2, -0.15) is 0 Å². The molecule has 5 nitrogen and oxygen atoms in total. The van der Waals surface area contributed by atoms with Crippen LogP contribution in [0.5, 0.6) is 0 Å². The van der Waals surface area contributed by atoms with Crippen LogP contribution in [0, 0.1) is 0 Å². The number of rotatable bonds is 3. The van der Waals surface area contributed by atoms with Crippen LogP contribution in [0.4, 0.5) is 0 Å². The minimum atomic E-state index is -1.74. The number of nitrogens with zero attached hydrogens (tertiary/aromatic N) is 2. The number of hydrogen-bond acceptors (Lipinski definition) is 5. The molecule has 0 saturated carbocycles. The van der Waals surface area contributed by atoms with Crippen molar-refractivity contribution < 1.29 is 10.0 Å². The van der Waals surface area contributed by atoms with Crippen LogP contribution in [0.25, 0.3) is 0 Å². The Morgan fingerprint density at radius 1 is 0.905 bits per heavy atom. The van der Waals surface area contributed by atoms with E-state index >= 15 is 0 Å². The molecule has 3 rings (SSSR count). The summed E-state index contributed by atoms with van der Waals surface area (Å²) in [4.78, 5) is 8.64. The van der Waals surface area contributed by atoms with Gasteiger partial charge >= 0.3 is 7.12 Å². The molecule has 1 unspecified atom stereocenters. The zero-order valence-corrected chi connectivity index (χ0v) is 11.2. The zero-order valence-electron chi connectivity index (χ0n) is 11.2. The Balaban J connectivity index is 2.11. The lowest BCUT2D eigenvalue weighted by atomic mass is 9.68. The molecule has 0 spiro atoms. The Morgan fingerprint density at radius 2 is 1.52 bits per heavy atom. The largest absolute Gasteiger partial charge is 0.510 e. The van der Waals surface area contributed by atoms with Crippen molar-refractivity contribution in [3.8, 4) is 0 Å². The third-order valence-electron chi connectivity index (χ3n) is 3.35. The highest BCUT2D eigenvalue weighted by Crippen LogP contribution is 2.30. The molecule has 1 heterocycles. The molecule has 1 atom stereocenters. The van der Waals surface area contributed by atoms with Gasteiger partial charge in [-0.05, 0) is 5.56 Å². The van der Waals surface area contributed by atoms with Crippen LogP contribution in [0.1, 0.15) is 11.1 Å². The van der Waals surface area contributed by atoms with Gasteiger partial charge in [-0.15, -0.1) is 0 Å². The Labute approximate surface area is 122 Å². The van der Waals surface area contributed by atoms with Gasteiger partial charge in [0.1, 0.15) is 5.84 Å². The first-order chi connectivity index (χ1) is 10.2. The lowest BCUT2D eigenvalue weighted by molar-refractivity contribution is 0.347. The summed E-state index contributed by atoms with van der Waals surface area (Å²) < 4.78 is 0. The van der Waals surface area contributed by atoms with Crippen molar-refractivity contribution in [1.82, 2.24) is 5.32 Å². The van der Waals surface area contributed by atoms with Crippen molar-refractivity contribution in [2.45, 2.75) is 5.56 Å². The number of nitrogens with one attached hydrogen (secondary N) is 1. The molecule has 2 aromatic carbocycles. The molecule has 0 saturated heterocycles. The van der Waals surface area contributed by atoms with Gasteiger partial charge in [0.05, 0.1) is 6.34 Å². The summed E-state index contributed by atoms with van der Waals surface area (Å²) >= 11 is 0. The normalized spacial score (nSPS) is 20.6. The molecule has 0 fully saturated rings. The minimum absolute atomic E-state index is 0.544. The van der Waals surface area contributed by atoms with Gasteiger partial charge < -0.3 is 15.4 Å². The van der Waals surface area contributed by atoms with E-state index in [1.54, 1.807) is 12.1 Å². The Hall–Kier alpha value is -2.44. The average Bonchev–Trinajstić information content (AvgIpc) is 2.56. The smallest absolute Gasteiger partial charge is 0.424 e. The van der Waals surface area contributed by atoms with E-state index in [-0.39, 0.29) is 0 Å². The Bertz CT molecular complexity index is 674. The summed E-state index contributed by atoms with van der Waals surface area (Å²) in [5, 5.41) is 22.7. The molecule has 1 aliphatic heterocycles. The molecule has 0 aromatic heterocycles. The van der Waals surface area contributed by atoms with Gasteiger partial charge in [-0.1, -0.05) is 60.7 Å². The lowest BCUT2D eigenvalue weighted by Gasteiger charge is -2.29. The third kappa shape index (κ3) is 2.46. The van der Waals surface area contributed by atoms with E-state index in [0.717, 1.165) is 5.56 Å². The minimum Gasteiger partial charge on any atom is -0.424 e. The predicted molar refractivity (Wildman–Crippen MR) is 82.9 cm³/mol. The molecule has 21 heavy (non-hydrogen) atoms. The molecular weight excluding hydrogens is 265 g/mol. The SMILES string of the molecule is OB(O)C1(c2ccccc2)N=CNC(c2ccccc2)=N1. The van der Waals surface area contributed by atoms with E-state index in [2.05, 4.69) is 15.3 Å².